The maximum Gasteiger partial charge on any atom is 0.247 e. The van der Waals surface area contributed by atoms with Crippen LogP contribution in [0.2, 0.25) is 0 Å². The third-order valence-electron chi connectivity index (χ3n) is 4.58. The smallest absolute Gasteiger partial charge is 0.247 e. The van der Waals surface area contributed by atoms with Crippen molar-refractivity contribution in [3.8, 4) is 11.4 Å². The molecule has 0 radical (unpaired) electrons. The zero-order valence-electron chi connectivity index (χ0n) is 15.4. The molecule has 142 valence electrons. The summed E-state index contributed by atoms with van der Waals surface area (Å²) in [5.74, 6) is 0.567. The Balaban J connectivity index is 0.00000243. The van der Waals surface area contributed by atoms with Gasteiger partial charge in [0.15, 0.2) is 6.04 Å². The van der Waals surface area contributed by atoms with Gasteiger partial charge in [0.05, 0.1) is 0 Å². The van der Waals surface area contributed by atoms with Crippen molar-refractivity contribution in [3.05, 3.63) is 30.3 Å². The van der Waals surface area contributed by atoms with Crippen molar-refractivity contribution in [2.75, 3.05) is 6.54 Å². The van der Waals surface area contributed by atoms with Crippen molar-refractivity contribution in [1.82, 2.24) is 30.8 Å². The summed E-state index contributed by atoms with van der Waals surface area (Å²) < 4.78 is 0. The van der Waals surface area contributed by atoms with E-state index in [9.17, 15) is 4.79 Å². The van der Waals surface area contributed by atoms with Crippen molar-refractivity contribution in [3.63, 3.8) is 0 Å². The SMILES string of the molecule is CC1CC(NC(=O)C(C(C)C)n2nnc(-c3ccccc3)n2)CCN1.Cl. The third kappa shape index (κ3) is 4.80. The lowest BCUT2D eigenvalue weighted by Gasteiger charge is -2.30. The predicted molar refractivity (Wildman–Crippen MR) is 103 cm³/mol. The molecular formula is C18H27ClN6O. The number of carbonyl (C=O) groups excluding carboxylic acids is 1. The minimum Gasteiger partial charge on any atom is -0.351 e. The number of piperidine rings is 1. The van der Waals surface area contributed by atoms with Crippen LogP contribution in [0.15, 0.2) is 30.3 Å². The summed E-state index contributed by atoms with van der Waals surface area (Å²) in [6.45, 7) is 7.07. The molecule has 1 amide bonds. The minimum atomic E-state index is -0.463. The number of benzene rings is 1. The van der Waals surface area contributed by atoms with E-state index in [1.807, 2.05) is 44.2 Å². The Hall–Kier alpha value is -1.99. The van der Waals surface area contributed by atoms with E-state index in [0.717, 1.165) is 24.9 Å². The lowest BCUT2D eigenvalue weighted by molar-refractivity contribution is -0.127. The van der Waals surface area contributed by atoms with Crippen molar-refractivity contribution in [2.45, 2.75) is 51.7 Å². The highest BCUT2D eigenvalue weighted by molar-refractivity contribution is 5.85. The van der Waals surface area contributed by atoms with Gasteiger partial charge in [-0.2, -0.15) is 4.80 Å². The second-order valence-electron chi connectivity index (χ2n) is 7.07. The normalized spacial score (nSPS) is 21.1. The molecule has 2 aromatic rings. The fourth-order valence-corrected chi connectivity index (χ4v) is 3.27. The zero-order chi connectivity index (χ0) is 17.8. The highest BCUT2D eigenvalue weighted by Crippen LogP contribution is 2.20. The van der Waals surface area contributed by atoms with Gasteiger partial charge in [-0.05, 0) is 37.4 Å². The number of hydrogen-bond acceptors (Lipinski definition) is 5. The molecule has 0 spiro atoms. The standard InChI is InChI=1S/C18H26N6O.ClH/c1-12(2)16(18(25)20-15-9-10-19-13(3)11-15)24-22-17(21-23-24)14-7-5-4-6-8-14;/h4-8,12-13,15-16,19H,9-11H2,1-3H3,(H,20,25);1H. The predicted octanol–water partition coefficient (Wildman–Crippen LogP) is 2.22. The van der Waals surface area contributed by atoms with E-state index in [4.69, 9.17) is 0 Å². The number of hydrogen-bond donors (Lipinski definition) is 2. The van der Waals surface area contributed by atoms with Crippen molar-refractivity contribution in [2.24, 2.45) is 5.92 Å². The molecule has 8 heteroatoms. The van der Waals surface area contributed by atoms with E-state index in [-0.39, 0.29) is 30.3 Å². The van der Waals surface area contributed by atoms with E-state index >= 15 is 0 Å². The van der Waals surface area contributed by atoms with Gasteiger partial charge in [-0.15, -0.1) is 22.6 Å². The van der Waals surface area contributed by atoms with Crippen LogP contribution >= 0.6 is 12.4 Å². The highest BCUT2D eigenvalue weighted by Gasteiger charge is 2.30. The van der Waals surface area contributed by atoms with Crippen LogP contribution in [0.4, 0.5) is 0 Å². The van der Waals surface area contributed by atoms with Crippen LogP contribution in [0.5, 0.6) is 0 Å². The summed E-state index contributed by atoms with van der Waals surface area (Å²) in [5.41, 5.74) is 0.892. The lowest BCUT2D eigenvalue weighted by Crippen LogP contribution is -2.49. The van der Waals surface area contributed by atoms with Crippen LogP contribution in [-0.4, -0.2) is 44.7 Å². The van der Waals surface area contributed by atoms with E-state index in [1.165, 1.54) is 4.80 Å². The Morgan fingerprint density at radius 1 is 1.31 bits per heavy atom. The highest BCUT2D eigenvalue weighted by atomic mass is 35.5. The number of nitrogens with one attached hydrogen (secondary N) is 2. The number of amides is 1. The molecule has 7 nitrogen and oxygen atoms in total. The van der Waals surface area contributed by atoms with Crippen LogP contribution in [0.25, 0.3) is 11.4 Å². The van der Waals surface area contributed by atoms with Crippen molar-refractivity contribution < 1.29 is 4.79 Å². The summed E-state index contributed by atoms with van der Waals surface area (Å²) >= 11 is 0. The number of tetrazole rings is 1. The van der Waals surface area contributed by atoms with Crippen LogP contribution in [-0.2, 0) is 4.79 Å². The zero-order valence-corrected chi connectivity index (χ0v) is 16.2. The summed E-state index contributed by atoms with van der Waals surface area (Å²) in [4.78, 5) is 14.3. The van der Waals surface area contributed by atoms with Crippen molar-refractivity contribution in [1.29, 1.82) is 0 Å². The average Bonchev–Trinajstić information content (AvgIpc) is 3.05. The van der Waals surface area contributed by atoms with Gasteiger partial charge in [0.2, 0.25) is 11.7 Å². The van der Waals surface area contributed by atoms with Gasteiger partial charge in [-0.1, -0.05) is 44.2 Å². The molecule has 1 aromatic heterocycles. The summed E-state index contributed by atoms with van der Waals surface area (Å²) in [6, 6.07) is 9.83. The molecule has 3 unspecified atom stereocenters. The molecule has 3 rings (SSSR count). The van der Waals surface area contributed by atoms with E-state index < -0.39 is 6.04 Å². The number of carbonyl (C=O) groups is 1. The largest absolute Gasteiger partial charge is 0.351 e. The Morgan fingerprint density at radius 2 is 2.04 bits per heavy atom. The Kier molecular flexibility index (Phi) is 7.11. The van der Waals surface area contributed by atoms with Crippen LogP contribution in [0.1, 0.15) is 39.7 Å². The van der Waals surface area contributed by atoms with E-state index in [0.29, 0.717) is 11.9 Å². The first-order valence-corrected chi connectivity index (χ1v) is 8.93. The Morgan fingerprint density at radius 3 is 2.69 bits per heavy atom. The van der Waals surface area contributed by atoms with Crippen LogP contribution in [0.3, 0.4) is 0 Å². The molecule has 0 saturated carbocycles. The first-order valence-electron chi connectivity index (χ1n) is 8.93. The summed E-state index contributed by atoms with van der Waals surface area (Å²) in [7, 11) is 0. The van der Waals surface area contributed by atoms with Gasteiger partial charge in [0.25, 0.3) is 0 Å². The molecule has 26 heavy (non-hydrogen) atoms. The van der Waals surface area contributed by atoms with Gasteiger partial charge in [0, 0.05) is 17.6 Å². The molecule has 3 atom stereocenters. The maximum absolute atomic E-state index is 12.8. The minimum absolute atomic E-state index is 0. The van der Waals surface area contributed by atoms with Crippen LogP contribution < -0.4 is 10.6 Å². The molecule has 0 aliphatic carbocycles. The maximum atomic E-state index is 12.8. The first kappa shape index (κ1) is 20.3. The van der Waals surface area contributed by atoms with Crippen LogP contribution in [0, 0.1) is 5.92 Å². The fourth-order valence-electron chi connectivity index (χ4n) is 3.27. The second-order valence-corrected chi connectivity index (χ2v) is 7.07. The molecule has 1 fully saturated rings. The monoisotopic (exact) mass is 378 g/mol. The van der Waals surface area contributed by atoms with Gasteiger partial charge < -0.3 is 10.6 Å². The molecule has 2 N–H and O–H groups in total. The third-order valence-corrected chi connectivity index (χ3v) is 4.58. The second kappa shape index (κ2) is 9.09. The Bertz CT molecular complexity index is 705. The quantitative estimate of drug-likeness (QED) is 0.833. The molecule has 0 bridgehead atoms. The molecule has 1 aliphatic heterocycles. The summed E-state index contributed by atoms with van der Waals surface area (Å²) in [6.07, 6.45) is 1.89. The number of halogens is 1. The van der Waals surface area contributed by atoms with E-state index in [1.54, 1.807) is 0 Å². The average molecular weight is 379 g/mol. The van der Waals surface area contributed by atoms with Gasteiger partial charge in [0.1, 0.15) is 0 Å². The molecule has 2 heterocycles. The van der Waals surface area contributed by atoms with E-state index in [2.05, 4.69) is 33.0 Å². The molecule has 1 aromatic carbocycles. The number of rotatable bonds is 5. The summed E-state index contributed by atoms with van der Waals surface area (Å²) in [5, 5.41) is 19.3. The molecule has 1 saturated heterocycles. The lowest BCUT2D eigenvalue weighted by atomic mass is 9.98. The number of aromatic nitrogens is 4. The van der Waals surface area contributed by atoms with Crippen molar-refractivity contribution >= 4 is 18.3 Å². The fraction of sp³-hybridized carbons (Fsp3) is 0.556. The first-order chi connectivity index (χ1) is 12.0. The van der Waals surface area contributed by atoms with Gasteiger partial charge in [-0.25, -0.2) is 0 Å². The van der Waals surface area contributed by atoms with Gasteiger partial charge >= 0.3 is 0 Å². The topological polar surface area (TPSA) is 84.7 Å². The Labute approximate surface area is 160 Å². The number of nitrogens with zero attached hydrogens (tertiary/aromatic N) is 4. The molecular weight excluding hydrogens is 352 g/mol. The molecule has 1 aliphatic rings. The van der Waals surface area contributed by atoms with Gasteiger partial charge in [-0.3, -0.25) is 4.79 Å².